The number of ether oxygens (including phenoxy) is 1. The lowest BCUT2D eigenvalue weighted by molar-refractivity contribution is -0.0530. The molecule has 2 rings (SSSR count). The van der Waals surface area contributed by atoms with Gasteiger partial charge < -0.3 is 9.64 Å². The van der Waals surface area contributed by atoms with Gasteiger partial charge in [-0.05, 0) is 13.8 Å². The van der Waals surface area contributed by atoms with Crippen molar-refractivity contribution in [2.45, 2.75) is 26.1 Å². The number of rotatable bonds is 1. The van der Waals surface area contributed by atoms with Crippen molar-refractivity contribution in [2.24, 2.45) is 0 Å². The maximum Gasteiger partial charge on any atom is 0.323 e. The molecule has 0 spiro atoms. The number of carbonyl (C=O) groups is 1. The summed E-state index contributed by atoms with van der Waals surface area (Å²) in [5.41, 5.74) is 1.58. The zero-order valence-electron chi connectivity index (χ0n) is 9.21. The van der Waals surface area contributed by atoms with Crippen LogP contribution in [-0.4, -0.2) is 46.4 Å². The normalized spacial score (nSPS) is 25.5. The molecule has 1 N–H and O–H groups in total. The van der Waals surface area contributed by atoms with Gasteiger partial charge in [0.25, 0.3) is 0 Å². The summed E-state index contributed by atoms with van der Waals surface area (Å²) in [6.07, 6.45) is 0.146. The van der Waals surface area contributed by atoms with Crippen LogP contribution in [0.1, 0.15) is 13.8 Å². The van der Waals surface area contributed by atoms with Gasteiger partial charge in [0, 0.05) is 13.1 Å². The Labute approximate surface area is 97.6 Å². The minimum Gasteiger partial charge on any atom is -0.372 e. The van der Waals surface area contributed by atoms with E-state index in [9.17, 15) is 4.79 Å². The molecule has 0 radical (unpaired) electrons. The second kappa shape index (κ2) is 4.75. The molecule has 2 heterocycles. The summed E-state index contributed by atoms with van der Waals surface area (Å²) < 4.78 is 5.55. The van der Waals surface area contributed by atoms with Gasteiger partial charge in [-0.1, -0.05) is 11.3 Å². The lowest BCUT2D eigenvalue weighted by Crippen LogP contribution is -2.49. The quantitative estimate of drug-likeness (QED) is 0.803. The maximum atomic E-state index is 11.9. The van der Waals surface area contributed by atoms with Crippen molar-refractivity contribution in [3.8, 4) is 0 Å². The first-order chi connectivity index (χ1) is 7.65. The van der Waals surface area contributed by atoms with E-state index in [1.807, 2.05) is 13.8 Å². The van der Waals surface area contributed by atoms with E-state index in [2.05, 4.69) is 15.5 Å². The Kier molecular flexibility index (Phi) is 3.35. The molecule has 1 fully saturated rings. The van der Waals surface area contributed by atoms with E-state index < -0.39 is 0 Å². The van der Waals surface area contributed by atoms with Crippen molar-refractivity contribution in [3.63, 3.8) is 0 Å². The molecule has 7 heteroatoms. The van der Waals surface area contributed by atoms with Gasteiger partial charge in [-0.15, -0.1) is 10.2 Å². The number of hydrogen-bond acceptors (Lipinski definition) is 5. The number of aromatic nitrogens is 2. The first-order valence-electron chi connectivity index (χ1n) is 5.12. The summed E-state index contributed by atoms with van der Waals surface area (Å²) in [5, 5.41) is 10.7. The molecule has 0 aliphatic carbocycles. The van der Waals surface area contributed by atoms with Crippen LogP contribution in [0.4, 0.5) is 9.93 Å². The highest BCUT2D eigenvalue weighted by atomic mass is 32.1. The Morgan fingerprint density at radius 2 is 2.25 bits per heavy atom. The summed E-state index contributed by atoms with van der Waals surface area (Å²) in [6, 6.07) is -0.140. The van der Waals surface area contributed by atoms with Gasteiger partial charge in [0.05, 0.1) is 12.2 Å². The fraction of sp³-hybridized carbons (Fsp3) is 0.667. The molecule has 0 unspecified atom stereocenters. The summed E-state index contributed by atoms with van der Waals surface area (Å²) in [7, 11) is 0. The minimum atomic E-state index is -0.140. The summed E-state index contributed by atoms with van der Waals surface area (Å²) >= 11 is 1.30. The summed E-state index contributed by atoms with van der Waals surface area (Å²) in [5.74, 6) is 0. The van der Waals surface area contributed by atoms with E-state index in [1.54, 1.807) is 10.4 Å². The van der Waals surface area contributed by atoms with E-state index in [0.717, 1.165) is 0 Å². The van der Waals surface area contributed by atoms with Crippen LogP contribution in [0.15, 0.2) is 5.51 Å². The van der Waals surface area contributed by atoms with E-state index in [1.165, 1.54) is 11.3 Å². The van der Waals surface area contributed by atoms with Crippen LogP contribution in [0.2, 0.25) is 0 Å². The largest absolute Gasteiger partial charge is 0.372 e. The topological polar surface area (TPSA) is 67.4 Å². The first kappa shape index (κ1) is 11.3. The Bertz CT molecular complexity index is 346. The molecule has 2 amide bonds. The highest BCUT2D eigenvalue weighted by Crippen LogP contribution is 2.14. The minimum absolute atomic E-state index is 0.0731. The average molecular weight is 242 g/mol. The number of nitrogens with one attached hydrogen (secondary N) is 1. The molecule has 0 aromatic carbocycles. The van der Waals surface area contributed by atoms with Crippen LogP contribution in [0, 0.1) is 0 Å². The van der Waals surface area contributed by atoms with Crippen LogP contribution in [0.3, 0.4) is 0 Å². The Balaban J connectivity index is 1.94. The van der Waals surface area contributed by atoms with Crippen LogP contribution in [-0.2, 0) is 4.74 Å². The molecular formula is C9H14N4O2S. The van der Waals surface area contributed by atoms with Crippen molar-refractivity contribution in [3.05, 3.63) is 5.51 Å². The van der Waals surface area contributed by atoms with Crippen LogP contribution in [0.5, 0.6) is 0 Å². The van der Waals surface area contributed by atoms with Crippen LogP contribution < -0.4 is 5.32 Å². The predicted molar refractivity (Wildman–Crippen MR) is 60.5 cm³/mol. The van der Waals surface area contributed by atoms with Gasteiger partial charge in [0.2, 0.25) is 5.13 Å². The molecule has 1 aliphatic heterocycles. The third-order valence-corrected chi connectivity index (χ3v) is 2.89. The van der Waals surface area contributed by atoms with Crippen LogP contribution >= 0.6 is 11.3 Å². The lowest BCUT2D eigenvalue weighted by Gasteiger charge is -2.34. The average Bonchev–Trinajstić information content (AvgIpc) is 2.68. The van der Waals surface area contributed by atoms with Crippen molar-refractivity contribution in [1.82, 2.24) is 15.1 Å². The van der Waals surface area contributed by atoms with Crippen molar-refractivity contribution >= 4 is 22.5 Å². The van der Waals surface area contributed by atoms with Crippen molar-refractivity contribution < 1.29 is 9.53 Å². The number of morpholine rings is 1. The SMILES string of the molecule is C[C@H]1CN(C(=O)Nc2nncs2)C[C@H](C)O1. The third kappa shape index (κ3) is 2.67. The molecule has 6 nitrogen and oxygen atoms in total. The highest BCUT2D eigenvalue weighted by Gasteiger charge is 2.26. The fourth-order valence-electron chi connectivity index (χ4n) is 1.74. The molecule has 0 bridgehead atoms. The van der Waals surface area contributed by atoms with E-state index in [0.29, 0.717) is 18.2 Å². The maximum absolute atomic E-state index is 11.9. The number of urea groups is 1. The Morgan fingerprint density at radius 1 is 1.56 bits per heavy atom. The molecular weight excluding hydrogens is 228 g/mol. The van der Waals surface area contributed by atoms with Crippen molar-refractivity contribution in [2.75, 3.05) is 18.4 Å². The molecule has 88 valence electrons. The van der Waals surface area contributed by atoms with Crippen molar-refractivity contribution in [1.29, 1.82) is 0 Å². The molecule has 2 atom stereocenters. The predicted octanol–water partition coefficient (Wildman–Crippen LogP) is 1.18. The van der Waals surface area contributed by atoms with Crippen LogP contribution in [0.25, 0.3) is 0 Å². The van der Waals surface area contributed by atoms with Gasteiger partial charge in [-0.3, -0.25) is 5.32 Å². The molecule has 1 saturated heterocycles. The number of carbonyl (C=O) groups excluding carboxylic acids is 1. The second-order valence-electron chi connectivity index (χ2n) is 3.84. The highest BCUT2D eigenvalue weighted by molar-refractivity contribution is 7.13. The molecule has 0 saturated carbocycles. The third-order valence-electron chi connectivity index (χ3n) is 2.28. The Morgan fingerprint density at radius 3 is 2.81 bits per heavy atom. The number of nitrogens with zero attached hydrogens (tertiary/aromatic N) is 3. The molecule has 1 aromatic heterocycles. The fourth-order valence-corrected chi connectivity index (χ4v) is 2.18. The smallest absolute Gasteiger partial charge is 0.323 e. The second-order valence-corrected chi connectivity index (χ2v) is 4.67. The van der Waals surface area contributed by atoms with E-state index in [-0.39, 0.29) is 18.2 Å². The van der Waals surface area contributed by atoms with Gasteiger partial charge in [-0.25, -0.2) is 4.79 Å². The number of hydrogen-bond donors (Lipinski definition) is 1. The summed E-state index contributed by atoms with van der Waals surface area (Å²) in [6.45, 7) is 5.13. The van der Waals surface area contributed by atoms with E-state index >= 15 is 0 Å². The zero-order valence-corrected chi connectivity index (χ0v) is 10.0. The summed E-state index contributed by atoms with van der Waals surface area (Å²) in [4.78, 5) is 13.6. The number of anilines is 1. The van der Waals surface area contributed by atoms with Gasteiger partial charge in [0.1, 0.15) is 5.51 Å². The Hall–Kier alpha value is -1.21. The monoisotopic (exact) mass is 242 g/mol. The van der Waals surface area contributed by atoms with Gasteiger partial charge in [-0.2, -0.15) is 0 Å². The molecule has 16 heavy (non-hydrogen) atoms. The van der Waals surface area contributed by atoms with Gasteiger partial charge >= 0.3 is 6.03 Å². The van der Waals surface area contributed by atoms with Gasteiger partial charge in [0.15, 0.2) is 0 Å². The standard InChI is InChI=1S/C9H14N4O2S/c1-6-3-13(4-7(2)15-6)9(14)11-8-12-10-5-16-8/h5-7H,3-4H2,1-2H3,(H,11,12,14)/t6-,7-/m0/s1. The zero-order chi connectivity index (χ0) is 11.5. The molecule has 1 aliphatic rings. The number of amides is 2. The van der Waals surface area contributed by atoms with E-state index in [4.69, 9.17) is 4.74 Å². The lowest BCUT2D eigenvalue weighted by atomic mass is 10.2. The molecule has 1 aromatic rings. The first-order valence-corrected chi connectivity index (χ1v) is 6.00.